The molecular formula is C10H14N6O. The van der Waals surface area contributed by atoms with Crippen LogP contribution in [-0.4, -0.2) is 32.1 Å². The first-order valence-corrected chi connectivity index (χ1v) is 5.20. The Labute approximate surface area is 98.6 Å². The van der Waals surface area contributed by atoms with E-state index in [2.05, 4.69) is 20.3 Å². The fraction of sp³-hybridized carbons (Fsp3) is 0.400. The SMILES string of the molecule is COc1ccc(Cn2cnc(C(C)N)n2)nn1. The van der Waals surface area contributed by atoms with Crippen molar-refractivity contribution in [1.29, 1.82) is 0 Å². The molecule has 2 heterocycles. The number of rotatable bonds is 4. The van der Waals surface area contributed by atoms with Gasteiger partial charge >= 0.3 is 0 Å². The van der Waals surface area contributed by atoms with Gasteiger partial charge in [0.15, 0.2) is 5.82 Å². The molecule has 0 aliphatic rings. The average molecular weight is 234 g/mol. The minimum absolute atomic E-state index is 0.168. The summed E-state index contributed by atoms with van der Waals surface area (Å²) in [6.45, 7) is 2.35. The second-order valence-electron chi connectivity index (χ2n) is 3.66. The van der Waals surface area contributed by atoms with Crippen LogP contribution in [0.4, 0.5) is 0 Å². The molecule has 2 aromatic rings. The van der Waals surface area contributed by atoms with E-state index in [9.17, 15) is 0 Å². The third-order valence-corrected chi connectivity index (χ3v) is 2.19. The van der Waals surface area contributed by atoms with E-state index in [0.29, 0.717) is 18.2 Å². The zero-order valence-electron chi connectivity index (χ0n) is 9.74. The van der Waals surface area contributed by atoms with Gasteiger partial charge in [0, 0.05) is 6.07 Å². The number of nitrogens with zero attached hydrogens (tertiary/aromatic N) is 5. The van der Waals surface area contributed by atoms with E-state index >= 15 is 0 Å². The second kappa shape index (κ2) is 4.88. The topological polar surface area (TPSA) is 91.7 Å². The van der Waals surface area contributed by atoms with Crippen LogP contribution in [-0.2, 0) is 6.54 Å². The maximum atomic E-state index is 5.68. The molecule has 0 aliphatic carbocycles. The molecule has 90 valence electrons. The van der Waals surface area contributed by atoms with Gasteiger partial charge in [0.05, 0.1) is 25.4 Å². The molecule has 0 aliphatic heterocycles. The molecule has 0 spiro atoms. The first kappa shape index (κ1) is 11.5. The molecule has 0 aromatic carbocycles. The van der Waals surface area contributed by atoms with Crippen molar-refractivity contribution in [2.24, 2.45) is 5.73 Å². The van der Waals surface area contributed by atoms with Crippen LogP contribution in [0.25, 0.3) is 0 Å². The number of nitrogens with two attached hydrogens (primary N) is 1. The molecule has 2 rings (SSSR count). The maximum Gasteiger partial charge on any atom is 0.233 e. The Morgan fingerprint density at radius 2 is 2.24 bits per heavy atom. The summed E-state index contributed by atoms with van der Waals surface area (Å²) in [5, 5.41) is 12.1. The number of aromatic nitrogens is 5. The van der Waals surface area contributed by atoms with Crippen LogP contribution in [0, 0.1) is 0 Å². The van der Waals surface area contributed by atoms with Crippen molar-refractivity contribution in [3.63, 3.8) is 0 Å². The molecule has 1 unspecified atom stereocenters. The van der Waals surface area contributed by atoms with E-state index < -0.39 is 0 Å². The minimum atomic E-state index is -0.168. The van der Waals surface area contributed by atoms with Gasteiger partial charge < -0.3 is 10.5 Å². The van der Waals surface area contributed by atoms with Crippen LogP contribution in [0.3, 0.4) is 0 Å². The van der Waals surface area contributed by atoms with Gasteiger partial charge in [-0.25, -0.2) is 9.67 Å². The van der Waals surface area contributed by atoms with Crippen LogP contribution in [0.2, 0.25) is 0 Å². The molecule has 0 fully saturated rings. The Bertz CT molecular complexity index is 478. The molecule has 2 aromatic heterocycles. The van der Waals surface area contributed by atoms with E-state index in [1.54, 1.807) is 24.2 Å². The molecule has 0 saturated carbocycles. The first-order chi connectivity index (χ1) is 8.19. The summed E-state index contributed by atoms with van der Waals surface area (Å²) < 4.78 is 6.61. The maximum absolute atomic E-state index is 5.68. The lowest BCUT2D eigenvalue weighted by atomic mass is 10.3. The quantitative estimate of drug-likeness (QED) is 0.809. The lowest BCUT2D eigenvalue weighted by Crippen LogP contribution is -2.09. The van der Waals surface area contributed by atoms with Crippen LogP contribution < -0.4 is 10.5 Å². The van der Waals surface area contributed by atoms with Gasteiger partial charge in [-0.3, -0.25) is 0 Å². The number of ether oxygens (including phenoxy) is 1. The molecule has 1 atom stereocenters. The molecular weight excluding hydrogens is 220 g/mol. The monoisotopic (exact) mass is 234 g/mol. The Morgan fingerprint density at radius 3 is 2.76 bits per heavy atom. The largest absolute Gasteiger partial charge is 0.480 e. The third-order valence-electron chi connectivity index (χ3n) is 2.19. The second-order valence-corrected chi connectivity index (χ2v) is 3.66. The molecule has 2 N–H and O–H groups in total. The highest BCUT2D eigenvalue weighted by Gasteiger charge is 2.06. The zero-order valence-corrected chi connectivity index (χ0v) is 9.74. The minimum Gasteiger partial charge on any atom is -0.480 e. The van der Waals surface area contributed by atoms with E-state index in [-0.39, 0.29) is 6.04 Å². The summed E-state index contributed by atoms with van der Waals surface area (Å²) in [4.78, 5) is 4.10. The van der Waals surface area contributed by atoms with Gasteiger partial charge in [0.2, 0.25) is 5.88 Å². The first-order valence-electron chi connectivity index (χ1n) is 5.20. The summed E-state index contributed by atoms with van der Waals surface area (Å²) in [5.74, 6) is 1.11. The Hall–Kier alpha value is -2.02. The Kier molecular flexibility index (Phi) is 3.29. The zero-order chi connectivity index (χ0) is 12.3. The molecule has 7 heteroatoms. The van der Waals surface area contributed by atoms with Gasteiger partial charge in [-0.1, -0.05) is 0 Å². The van der Waals surface area contributed by atoms with E-state index in [1.807, 2.05) is 13.0 Å². The summed E-state index contributed by atoms with van der Waals surface area (Å²) in [6.07, 6.45) is 1.63. The molecule has 0 radical (unpaired) electrons. The van der Waals surface area contributed by atoms with E-state index in [1.165, 1.54) is 0 Å². The normalized spacial score (nSPS) is 12.4. The lowest BCUT2D eigenvalue weighted by molar-refractivity contribution is 0.390. The van der Waals surface area contributed by atoms with Crippen molar-refractivity contribution >= 4 is 0 Å². The molecule has 0 amide bonds. The van der Waals surface area contributed by atoms with Gasteiger partial charge in [-0.05, 0) is 13.0 Å². The van der Waals surface area contributed by atoms with E-state index in [0.717, 1.165) is 5.69 Å². The highest BCUT2D eigenvalue weighted by atomic mass is 16.5. The lowest BCUT2D eigenvalue weighted by Gasteiger charge is -2.01. The summed E-state index contributed by atoms with van der Waals surface area (Å²) in [7, 11) is 1.55. The molecule has 0 saturated heterocycles. The highest BCUT2D eigenvalue weighted by Crippen LogP contribution is 2.06. The van der Waals surface area contributed by atoms with E-state index in [4.69, 9.17) is 10.5 Å². The van der Waals surface area contributed by atoms with Crippen LogP contribution >= 0.6 is 0 Å². The summed E-state index contributed by atoms with van der Waals surface area (Å²) in [6, 6.07) is 3.42. The smallest absolute Gasteiger partial charge is 0.233 e. The van der Waals surface area contributed by atoms with Crippen molar-refractivity contribution in [3.8, 4) is 5.88 Å². The van der Waals surface area contributed by atoms with Crippen molar-refractivity contribution < 1.29 is 4.74 Å². The fourth-order valence-electron chi connectivity index (χ4n) is 1.30. The number of hydrogen-bond donors (Lipinski definition) is 1. The molecule has 17 heavy (non-hydrogen) atoms. The Morgan fingerprint density at radius 1 is 1.41 bits per heavy atom. The number of hydrogen-bond acceptors (Lipinski definition) is 6. The fourth-order valence-corrected chi connectivity index (χ4v) is 1.30. The van der Waals surface area contributed by atoms with Crippen molar-refractivity contribution in [2.75, 3.05) is 7.11 Å². The van der Waals surface area contributed by atoms with Crippen molar-refractivity contribution in [3.05, 3.63) is 30.0 Å². The standard InChI is InChI=1S/C10H14N6O/c1-7(11)10-12-6-16(15-10)5-8-3-4-9(17-2)14-13-8/h3-4,6-7H,5,11H2,1-2H3. The predicted octanol–water partition coefficient (Wildman–Crippen LogP) is 0.145. The van der Waals surface area contributed by atoms with Crippen molar-refractivity contribution in [2.45, 2.75) is 19.5 Å². The Balaban J connectivity index is 2.08. The van der Waals surface area contributed by atoms with Crippen LogP contribution in [0.1, 0.15) is 24.5 Å². The predicted molar refractivity (Wildman–Crippen MR) is 60.3 cm³/mol. The van der Waals surface area contributed by atoms with Gasteiger partial charge in [-0.2, -0.15) is 5.10 Å². The van der Waals surface area contributed by atoms with Crippen LogP contribution in [0.5, 0.6) is 5.88 Å². The molecule has 0 bridgehead atoms. The number of methoxy groups -OCH3 is 1. The third kappa shape index (κ3) is 2.76. The van der Waals surface area contributed by atoms with Gasteiger partial charge in [0.1, 0.15) is 6.33 Å². The van der Waals surface area contributed by atoms with Crippen LogP contribution in [0.15, 0.2) is 18.5 Å². The average Bonchev–Trinajstić information content (AvgIpc) is 2.79. The summed E-state index contributed by atoms with van der Waals surface area (Å²) >= 11 is 0. The van der Waals surface area contributed by atoms with Gasteiger partial charge in [-0.15, -0.1) is 10.2 Å². The highest BCUT2D eigenvalue weighted by molar-refractivity contribution is 5.11. The van der Waals surface area contributed by atoms with Crippen molar-refractivity contribution in [1.82, 2.24) is 25.0 Å². The van der Waals surface area contributed by atoms with Gasteiger partial charge in [0.25, 0.3) is 0 Å². The summed E-state index contributed by atoms with van der Waals surface area (Å²) in [5.41, 5.74) is 6.46. The molecule has 7 nitrogen and oxygen atoms in total.